The van der Waals surface area contributed by atoms with E-state index in [1.165, 1.54) is 0 Å². The molecule has 124 valence electrons. The Morgan fingerprint density at radius 2 is 1.36 bits per heavy atom. The molecule has 0 aliphatic heterocycles. The summed E-state index contributed by atoms with van der Waals surface area (Å²) in [6.07, 6.45) is 1.45. The fourth-order valence-corrected chi connectivity index (χ4v) is 1.57. The van der Waals surface area contributed by atoms with E-state index < -0.39 is 0 Å². The molecule has 0 saturated heterocycles. The third kappa shape index (κ3) is 9.46. The molecule has 0 aliphatic rings. The summed E-state index contributed by atoms with van der Waals surface area (Å²) >= 11 is 0. The van der Waals surface area contributed by atoms with E-state index in [4.69, 9.17) is 24.1 Å². The molecule has 1 N–H and O–H groups in total. The maximum Gasteiger partial charge on any atom is 0.150 e. The quantitative estimate of drug-likeness (QED) is 0.412. The van der Waals surface area contributed by atoms with Crippen molar-refractivity contribution in [2.24, 2.45) is 0 Å². The van der Waals surface area contributed by atoms with Crippen LogP contribution in [-0.2, 0) is 14.2 Å². The molecule has 0 fully saturated rings. The lowest BCUT2D eigenvalue weighted by atomic mass is 10.2. The molecular weight excluding hydrogens is 288 g/mol. The Bertz CT molecular complexity index is 379. The van der Waals surface area contributed by atoms with Crippen LogP contribution < -0.4 is 4.74 Å². The molecule has 0 amide bonds. The van der Waals surface area contributed by atoms with Crippen molar-refractivity contribution in [1.29, 1.82) is 0 Å². The molecule has 6 nitrogen and oxygen atoms in total. The first-order valence-electron chi connectivity index (χ1n) is 7.39. The SMILES string of the molecule is O=Cc1ccc(OCCOCCOCCOCCCO)cc1. The highest BCUT2D eigenvalue weighted by Gasteiger charge is 1.95. The van der Waals surface area contributed by atoms with Gasteiger partial charge in [0, 0.05) is 18.8 Å². The van der Waals surface area contributed by atoms with Gasteiger partial charge in [-0.25, -0.2) is 0 Å². The Labute approximate surface area is 130 Å². The van der Waals surface area contributed by atoms with Gasteiger partial charge in [0.25, 0.3) is 0 Å². The lowest BCUT2D eigenvalue weighted by molar-refractivity contribution is 0.00752. The van der Waals surface area contributed by atoms with Crippen LogP contribution in [-0.4, -0.2) is 64.2 Å². The second-order valence-corrected chi connectivity index (χ2v) is 4.45. The first-order chi connectivity index (χ1) is 10.9. The molecular formula is C16H24O6. The Morgan fingerprint density at radius 1 is 0.818 bits per heavy atom. The number of benzene rings is 1. The summed E-state index contributed by atoms with van der Waals surface area (Å²) in [5.74, 6) is 0.713. The van der Waals surface area contributed by atoms with Crippen molar-refractivity contribution in [3.05, 3.63) is 29.8 Å². The van der Waals surface area contributed by atoms with Gasteiger partial charge in [-0.2, -0.15) is 0 Å². The van der Waals surface area contributed by atoms with Crippen LogP contribution in [0.3, 0.4) is 0 Å². The second kappa shape index (κ2) is 13.2. The van der Waals surface area contributed by atoms with Crippen molar-refractivity contribution in [1.82, 2.24) is 0 Å². The van der Waals surface area contributed by atoms with Gasteiger partial charge in [-0.1, -0.05) is 0 Å². The smallest absolute Gasteiger partial charge is 0.150 e. The molecule has 1 aromatic carbocycles. The summed E-state index contributed by atoms with van der Waals surface area (Å²) in [5, 5.41) is 8.55. The molecule has 6 heteroatoms. The molecule has 0 aliphatic carbocycles. The predicted molar refractivity (Wildman–Crippen MR) is 81.5 cm³/mol. The van der Waals surface area contributed by atoms with Crippen molar-refractivity contribution in [2.45, 2.75) is 6.42 Å². The zero-order valence-corrected chi connectivity index (χ0v) is 12.7. The third-order valence-electron chi connectivity index (χ3n) is 2.70. The number of hydrogen-bond acceptors (Lipinski definition) is 6. The molecule has 0 saturated carbocycles. The minimum atomic E-state index is 0.151. The summed E-state index contributed by atoms with van der Waals surface area (Å²) < 4.78 is 21.4. The number of carbonyl (C=O) groups is 1. The fraction of sp³-hybridized carbons (Fsp3) is 0.562. The van der Waals surface area contributed by atoms with Gasteiger partial charge in [0.1, 0.15) is 18.6 Å². The summed E-state index contributed by atoms with van der Waals surface area (Å²) in [5.41, 5.74) is 0.626. The average Bonchev–Trinajstić information content (AvgIpc) is 2.56. The standard InChI is InChI=1S/C16H24O6/c17-6-1-7-19-8-9-20-10-11-21-12-13-22-16-4-2-15(14-18)3-5-16/h2-5,14,17H,1,6-13H2. The molecule has 0 heterocycles. The second-order valence-electron chi connectivity index (χ2n) is 4.45. The van der Waals surface area contributed by atoms with Crippen molar-refractivity contribution < 1.29 is 28.8 Å². The molecule has 22 heavy (non-hydrogen) atoms. The van der Waals surface area contributed by atoms with Crippen LogP contribution >= 0.6 is 0 Å². The minimum Gasteiger partial charge on any atom is -0.491 e. The first kappa shape index (κ1) is 18.6. The van der Waals surface area contributed by atoms with E-state index in [1.807, 2.05) is 0 Å². The Morgan fingerprint density at radius 3 is 1.91 bits per heavy atom. The highest BCUT2D eigenvalue weighted by Crippen LogP contribution is 2.10. The largest absolute Gasteiger partial charge is 0.491 e. The Balaban J connectivity index is 1.86. The van der Waals surface area contributed by atoms with E-state index in [1.54, 1.807) is 24.3 Å². The van der Waals surface area contributed by atoms with Crippen LogP contribution in [0.25, 0.3) is 0 Å². The third-order valence-corrected chi connectivity index (χ3v) is 2.70. The summed E-state index contributed by atoms with van der Waals surface area (Å²) in [4.78, 5) is 10.5. The molecule has 0 atom stereocenters. The number of rotatable bonds is 14. The first-order valence-corrected chi connectivity index (χ1v) is 7.39. The molecule has 1 aromatic rings. The molecule has 0 spiro atoms. The van der Waals surface area contributed by atoms with Gasteiger partial charge in [-0.3, -0.25) is 4.79 Å². The summed E-state index contributed by atoms with van der Waals surface area (Å²) in [7, 11) is 0. The topological polar surface area (TPSA) is 74.2 Å². The van der Waals surface area contributed by atoms with Crippen LogP contribution in [0, 0.1) is 0 Å². The van der Waals surface area contributed by atoms with Crippen LogP contribution in [0.5, 0.6) is 5.75 Å². The van der Waals surface area contributed by atoms with Gasteiger partial charge in [0.05, 0.1) is 33.0 Å². The van der Waals surface area contributed by atoms with Crippen molar-refractivity contribution in [3.63, 3.8) is 0 Å². The van der Waals surface area contributed by atoms with Crippen LogP contribution in [0.1, 0.15) is 16.8 Å². The number of hydrogen-bond donors (Lipinski definition) is 1. The normalized spacial score (nSPS) is 10.6. The van der Waals surface area contributed by atoms with E-state index in [0.29, 0.717) is 64.0 Å². The molecule has 0 unspecified atom stereocenters. The maximum atomic E-state index is 10.5. The summed E-state index contributed by atoms with van der Waals surface area (Å²) in [6, 6.07) is 6.92. The lowest BCUT2D eigenvalue weighted by Crippen LogP contribution is -2.13. The van der Waals surface area contributed by atoms with Crippen LogP contribution in [0.15, 0.2) is 24.3 Å². The number of aliphatic hydroxyl groups excluding tert-OH is 1. The van der Waals surface area contributed by atoms with Gasteiger partial charge in [0.2, 0.25) is 0 Å². The number of aldehydes is 1. The number of aliphatic hydroxyl groups is 1. The van der Waals surface area contributed by atoms with Crippen molar-refractivity contribution >= 4 is 6.29 Å². The fourth-order valence-electron chi connectivity index (χ4n) is 1.57. The Hall–Kier alpha value is -1.47. The number of ether oxygens (including phenoxy) is 4. The monoisotopic (exact) mass is 312 g/mol. The highest BCUT2D eigenvalue weighted by molar-refractivity contribution is 5.74. The molecule has 1 rings (SSSR count). The maximum absolute atomic E-state index is 10.5. The van der Waals surface area contributed by atoms with Crippen LogP contribution in [0.4, 0.5) is 0 Å². The lowest BCUT2D eigenvalue weighted by Gasteiger charge is -2.08. The van der Waals surface area contributed by atoms with E-state index in [9.17, 15) is 4.79 Å². The van der Waals surface area contributed by atoms with Gasteiger partial charge in [0.15, 0.2) is 0 Å². The number of carbonyl (C=O) groups excluding carboxylic acids is 1. The molecule has 0 bridgehead atoms. The Kier molecular flexibility index (Phi) is 11.2. The van der Waals surface area contributed by atoms with Gasteiger partial charge in [-0.15, -0.1) is 0 Å². The zero-order valence-electron chi connectivity index (χ0n) is 12.7. The van der Waals surface area contributed by atoms with Gasteiger partial charge < -0.3 is 24.1 Å². The van der Waals surface area contributed by atoms with E-state index in [-0.39, 0.29) is 6.61 Å². The van der Waals surface area contributed by atoms with Gasteiger partial charge in [-0.05, 0) is 30.7 Å². The molecule has 0 radical (unpaired) electrons. The summed E-state index contributed by atoms with van der Waals surface area (Å²) in [6.45, 7) is 3.70. The van der Waals surface area contributed by atoms with Crippen molar-refractivity contribution in [3.8, 4) is 5.75 Å². The van der Waals surface area contributed by atoms with Crippen LogP contribution in [0.2, 0.25) is 0 Å². The highest BCUT2D eigenvalue weighted by atomic mass is 16.6. The predicted octanol–water partition coefficient (Wildman–Crippen LogP) is 1.31. The van der Waals surface area contributed by atoms with E-state index >= 15 is 0 Å². The van der Waals surface area contributed by atoms with Gasteiger partial charge >= 0.3 is 0 Å². The minimum absolute atomic E-state index is 0.151. The average molecular weight is 312 g/mol. The molecule has 0 aromatic heterocycles. The zero-order chi connectivity index (χ0) is 15.9. The van der Waals surface area contributed by atoms with E-state index in [0.717, 1.165) is 6.29 Å². The van der Waals surface area contributed by atoms with Crippen molar-refractivity contribution in [2.75, 3.05) is 52.9 Å². The van der Waals surface area contributed by atoms with E-state index in [2.05, 4.69) is 0 Å².